The number of alkyl carbamates (subject to hydrolysis) is 1. The predicted molar refractivity (Wildman–Crippen MR) is 139 cm³/mol. The molecule has 2 N–H and O–H groups in total. The average Bonchev–Trinajstić information content (AvgIpc) is 2.82. The molecule has 0 radical (unpaired) electrons. The second-order valence-electron chi connectivity index (χ2n) is 11.5. The van der Waals surface area contributed by atoms with Crippen LogP contribution in [0.1, 0.15) is 58.4 Å². The Kier molecular flexibility index (Phi) is 9.77. The van der Waals surface area contributed by atoms with Crippen molar-refractivity contribution in [2.75, 3.05) is 33.2 Å². The van der Waals surface area contributed by atoms with Crippen LogP contribution in [0.4, 0.5) is 4.79 Å². The molecule has 1 unspecified atom stereocenters. The predicted octanol–water partition coefficient (Wildman–Crippen LogP) is 3.79. The van der Waals surface area contributed by atoms with E-state index in [1.54, 1.807) is 20.8 Å². The van der Waals surface area contributed by atoms with Crippen LogP contribution in [-0.4, -0.2) is 77.7 Å². The number of ether oxygens (including phenoxy) is 1. The van der Waals surface area contributed by atoms with Gasteiger partial charge >= 0.3 is 12.1 Å². The van der Waals surface area contributed by atoms with Gasteiger partial charge in [-0.2, -0.15) is 0 Å². The van der Waals surface area contributed by atoms with Crippen LogP contribution in [0, 0.1) is 17.8 Å². The minimum Gasteiger partial charge on any atom is -0.481 e. The zero-order chi connectivity index (χ0) is 26.3. The number of likely N-dealkylation sites (tertiary alicyclic amines) is 2. The molecule has 0 aliphatic carbocycles. The first-order chi connectivity index (χ1) is 17.0. The van der Waals surface area contributed by atoms with Crippen LogP contribution in [0.15, 0.2) is 30.3 Å². The van der Waals surface area contributed by atoms with Crippen molar-refractivity contribution < 1.29 is 24.2 Å². The molecule has 2 fully saturated rings. The standard InChI is InChI=1S/C28H43N3O5/c1-28(2,3)36-27(35)29-25(23(19-24(32)33)18-20-8-6-5-7-9-20)26(34)31-16-12-22(13-17-31)21-10-14-30(4)15-11-21/h5-9,21-23,25H,10-19H2,1-4H3,(H,29,35)(H,32,33)/t23?,25-/m1/s1. The molecule has 0 saturated carbocycles. The Labute approximate surface area is 215 Å². The Morgan fingerprint density at radius 2 is 1.56 bits per heavy atom. The zero-order valence-electron chi connectivity index (χ0n) is 22.2. The van der Waals surface area contributed by atoms with E-state index < -0.39 is 29.6 Å². The van der Waals surface area contributed by atoms with Crippen molar-refractivity contribution in [2.24, 2.45) is 17.8 Å². The van der Waals surface area contributed by atoms with E-state index in [0.29, 0.717) is 31.3 Å². The van der Waals surface area contributed by atoms with Crippen LogP contribution in [0.2, 0.25) is 0 Å². The summed E-state index contributed by atoms with van der Waals surface area (Å²) in [6, 6.07) is 8.52. The Bertz CT molecular complexity index is 869. The SMILES string of the molecule is CN1CCC(C2CCN(C(=O)[C@H](NC(=O)OC(C)(C)C)C(CC(=O)O)Cc3ccccc3)CC2)CC1. The summed E-state index contributed by atoms with van der Waals surface area (Å²) in [6.07, 6.45) is 3.73. The van der Waals surface area contributed by atoms with Gasteiger partial charge in [0.05, 0.1) is 6.42 Å². The number of amides is 2. The summed E-state index contributed by atoms with van der Waals surface area (Å²) in [5, 5.41) is 12.4. The number of carboxylic acids is 1. The quantitative estimate of drug-likeness (QED) is 0.562. The van der Waals surface area contributed by atoms with Gasteiger partial charge in [0.2, 0.25) is 5.91 Å². The first-order valence-corrected chi connectivity index (χ1v) is 13.2. The summed E-state index contributed by atoms with van der Waals surface area (Å²) in [6.45, 7) is 8.80. The van der Waals surface area contributed by atoms with Crippen LogP contribution >= 0.6 is 0 Å². The van der Waals surface area contributed by atoms with Crippen molar-refractivity contribution in [2.45, 2.75) is 70.9 Å². The van der Waals surface area contributed by atoms with Crippen molar-refractivity contribution in [1.29, 1.82) is 0 Å². The maximum Gasteiger partial charge on any atom is 0.408 e. The van der Waals surface area contributed by atoms with Gasteiger partial charge in [0.15, 0.2) is 0 Å². The van der Waals surface area contributed by atoms with Gasteiger partial charge < -0.3 is 25.0 Å². The fraction of sp³-hybridized carbons (Fsp3) is 0.679. The lowest BCUT2D eigenvalue weighted by atomic mass is 9.78. The molecule has 3 rings (SSSR count). The third-order valence-corrected chi connectivity index (χ3v) is 7.47. The lowest BCUT2D eigenvalue weighted by Crippen LogP contribution is -2.55. The zero-order valence-corrected chi connectivity index (χ0v) is 22.2. The molecule has 0 aromatic heterocycles. The molecular formula is C28H43N3O5. The summed E-state index contributed by atoms with van der Waals surface area (Å²) in [5.74, 6) is -0.506. The van der Waals surface area contributed by atoms with Crippen molar-refractivity contribution in [3.05, 3.63) is 35.9 Å². The van der Waals surface area contributed by atoms with E-state index in [1.165, 1.54) is 12.8 Å². The number of carbonyl (C=O) groups excluding carboxylic acids is 2. The third kappa shape index (κ3) is 8.50. The van der Waals surface area contributed by atoms with E-state index in [9.17, 15) is 19.5 Å². The highest BCUT2D eigenvalue weighted by Gasteiger charge is 2.38. The molecule has 8 heteroatoms. The van der Waals surface area contributed by atoms with Gasteiger partial charge in [-0.05, 0) is 90.4 Å². The highest BCUT2D eigenvalue weighted by molar-refractivity contribution is 5.87. The maximum absolute atomic E-state index is 13.8. The number of aliphatic carboxylic acids is 1. The second kappa shape index (κ2) is 12.6. The molecule has 2 amide bonds. The Balaban J connectivity index is 1.74. The normalized spacial score (nSPS) is 19.9. The number of hydrogen-bond acceptors (Lipinski definition) is 5. The van der Waals surface area contributed by atoms with Gasteiger partial charge in [-0.15, -0.1) is 0 Å². The van der Waals surface area contributed by atoms with Crippen molar-refractivity contribution in [1.82, 2.24) is 15.1 Å². The number of nitrogens with one attached hydrogen (secondary N) is 1. The smallest absolute Gasteiger partial charge is 0.408 e. The lowest BCUT2D eigenvalue weighted by molar-refractivity contribution is -0.140. The van der Waals surface area contributed by atoms with Crippen molar-refractivity contribution in [3.63, 3.8) is 0 Å². The number of piperidine rings is 2. The molecule has 36 heavy (non-hydrogen) atoms. The number of benzene rings is 1. The molecule has 2 aliphatic rings. The van der Waals surface area contributed by atoms with Crippen molar-refractivity contribution >= 4 is 18.0 Å². The van der Waals surface area contributed by atoms with Gasteiger partial charge in [0.25, 0.3) is 0 Å². The number of nitrogens with zero attached hydrogens (tertiary/aromatic N) is 2. The number of carboxylic acid groups (broad SMARTS) is 1. The first kappa shape index (κ1) is 28.0. The fourth-order valence-electron chi connectivity index (χ4n) is 5.55. The topological polar surface area (TPSA) is 99.2 Å². The molecule has 0 bridgehead atoms. The third-order valence-electron chi connectivity index (χ3n) is 7.47. The maximum atomic E-state index is 13.8. The number of hydrogen-bond donors (Lipinski definition) is 2. The van der Waals surface area contributed by atoms with E-state index in [1.807, 2.05) is 35.2 Å². The van der Waals surface area contributed by atoms with Crippen LogP contribution in [0.25, 0.3) is 0 Å². The summed E-state index contributed by atoms with van der Waals surface area (Å²) in [7, 11) is 2.16. The minimum absolute atomic E-state index is 0.218. The molecule has 8 nitrogen and oxygen atoms in total. The van der Waals surface area contributed by atoms with Crippen LogP contribution < -0.4 is 5.32 Å². The molecule has 200 valence electrons. The number of carbonyl (C=O) groups is 3. The van der Waals surface area contributed by atoms with E-state index in [4.69, 9.17) is 4.74 Å². The molecule has 1 aromatic rings. The Morgan fingerprint density at radius 1 is 1.00 bits per heavy atom. The first-order valence-electron chi connectivity index (χ1n) is 13.2. The summed E-state index contributed by atoms with van der Waals surface area (Å²) < 4.78 is 5.44. The molecule has 2 atom stereocenters. The molecular weight excluding hydrogens is 458 g/mol. The van der Waals surface area contributed by atoms with E-state index in [-0.39, 0.29) is 12.3 Å². The summed E-state index contributed by atoms with van der Waals surface area (Å²) in [5.41, 5.74) is 0.194. The van der Waals surface area contributed by atoms with Gasteiger partial charge in [-0.1, -0.05) is 30.3 Å². The van der Waals surface area contributed by atoms with Gasteiger partial charge in [-0.3, -0.25) is 9.59 Å². The Hall–Kier alpha value is -2.61. The van der Waals surface area contributed by atoms with Crippen LogP contribution in [0.5, 0.6) is 0 Å². The van der Waals surface area contributed by atoms with Gasteiger partial charge in [0.1, 0.15) is 11.6 Å². The largest absolute Gasteiger partial charge is 0.481 e. The molecule has 2 saturated heterocycles. The fourth-order valence-corrected chi connectivity index (χ4v) is 5.55. The minimum atomic E-state index is -0.999. The molecule has 2 aliphatic heterocycles. The van der Waals surface area contributed by atoms with E-state index in [0.717, 1.165) is 31.5 Å². The molecule has 0 spiro atoms. The van der Waals surface area contributed by atoms with Crippen LogP contribution in [-0.2, 0) is 20.7 Å². The monoisotopic (exact) mass is 501 g/mol. The average molecular weight is 502 g/mol. The van der Waals surface area contributed by atoms with E-state index >= 15 is 0 Å². The second-order valence-corrected chi connectivity index (χ2v) is 11.5. The highest BCUT2D eigenvalue weighted by Crippen LogP contribution is 2.33. The van der Waals surface area contributed by atoms with Crippen molar-refractivity contribution in [3.8, 4) is 0 Å². The summed E-state index contributed by atoms with van der Waals surface area (Å²) in [4.78, 5) is 42.5. The Morgan fingerprint density at radius 3 is 2.08 bits per heavy atom. The molecule has 2 heterocycles. The van der Waals surface area contributed by atoms with Gasteiger partial charge in [0, 0.05) is 19.0 Å². The molecule has 1 aromatic carbocycles. The van der Waals surface area contributed by atoms with E-state index in [2.05, 4.69) is 17.3 Å². The summed E-state index contributed by atoms with van der Waals surface area (Å²) >= 11 is 0. The van der Waals surface area contributed by atoms with Crippen LogP contribution in [0.3, 0.4) is 0 Å². The number of rotatable bonds is 8. The lowest BCUT2D eigenvalue weighted by Gasteiger charge is -2.41. The highest BCUT2D eigenvalue weighted by atomic mass is 16.6. The van der Waals surface area contributed by atoms with Gasteiger partial charge in [-0.25, -0.2) is 4.79 Å².